The number of carbonyl (C=O) groups is 3. The van der Waals surface area contributed by atoms with Crippen molar-refractivity contribution in [1.82, 2.24) is 10.6 Å². The van der Waals surface area contributed by atoms with E-state index in [-0.39, 0.29) is 24.7 Å². The van der Waals surface area contributed by atoms with E-state index < -0.39 is 24.0 Å². The summed E-state index contributed by atoms with van der Waals surface area (Å²) < 4.78 is 4.63. The van der Waals surface area contributed by atoms with E-state index in [0.29, 0.717) is 13.0 Å². The standard InChI is InChI=1S/C13H19N3O4/c1-3-4-9(14)12(18)16-10(13(19)20-2)7-8-5-6-15-11(8)17/h1,8-10H,4-7,14H2,2H3,(H,15,17)(H,16,18)/t8-,9-,10-/m0/s1. The van der Waals surface area contributed by atoms with Crippen molar-refractivity contribution in [2.75, 3.05) is 13.7 Å². The van der Waals surface area contributed by atoms with Crippen LogP contribution in [-0.4, -0.2) is 43.5 Å². The van der Waals surface area contributed by atoms with Gasteiger partial charge in [0.05, 0.1) is 13.2 Å². The largest absolute Gasteiger partial charge is 0.467 e. The molecule has 0 unspecified atom stereocenters. The number of nitrogens with one attached hydrogen (secondary N) is 2. The summed E-state index contributed by atoms with van der Waals surface area (Å²) in [6.45, 7) is 0.571. The molecule has 0 bridgehead atoms. The molecule has 1 aliphatic heterocycles. The predicted octanol–water partition coefficient (Wildman–Crippen LogP) is -1.48. The minimum atomic E-state index is -0.898. The van der Waals surface area contributed by atoms with Crippen LogP contribution in [0.1, 0.15) is 19.3 Å². The van der Waals surface area contributed by atoms with Gasteiger partial charge in [-0.25, -0.2) is 4.79 Å². The minimum Gasteiger partial charge on any atom is -0.467 e. The van der Waals surface area contributed by atoms with Crippen LogP contribution < -0.4 is 16.4 Å². The Morgan fingerprint density at radius 3 is 2.85 bits per heavy atom. The molecule has 1 fully saturated rings. The molecule has 7 nitrogen and oxygen atoms in total. The molecule has 1 saturated heterocycles. The van der Waals surface area contributed by atoms with Gasteiger partial charge in [0.15, 0.2) is 0 Å². The van der Waals surface area contributed by atoms with Crippen LogP contribution >= 0.6 is 0 Å². The molecule has 0 aromatic rings. The molecule has 4 N–H and O–H groups in total. The minimum absolute atomic E-state index is 0.0731. The van der Waals surface area contributed by atoms with Crippen molar-refractivity contribution in [2.24, 2.45) is 11.7 Å². The van der Waals surface area contributed by atoms with Crippen molar-refractivity contribution in [2.45, 2.75) is 31.3 Å². The second-order valence-corrected chi connectivity index (χ2v) is 4.61. The number of esters is 1. The van der Waals surface area contributed by atoms with E-state index in [1.165, 1.54) is 7.11 Å². The van der Waals surface area contributed by atoms with Crippen molar-refractivity contribution in [3.05, 3.63) is 0 Å². The molecule has 7 heteroatoms. The zero-order chi connectivity index (χ0) is 15.1. The molecule has 110 valence electrons. The number of hydrogen-bond donors (Lipinski definition) is 3. The summed E-state index contributed by atoms with van der Waals surface area (Å²) in [5.41, 5.74) is 5.57. The quantitative estimate of drug-likeness (QED) is 0.406. The third kappa shape index (κ3) is 4.24. The fourth-order valence-electron chi connectivity index (χ4n) is 2.01. The van der Waals surface area contributed by atoms with Gasteiger partial charge >= 0.3 is 5.97 Å². The molecule has 0 aromatic carbocycles. The van der Waals surface area contributed by atoms with E-state index in [4.69, 9.17) is 12.2 Å². The number of nitrogens with two attached hydrogens (primary N) is 1. The maximum atomic E-state index is 11.8. The zero-order valence-corrected chi connectivity index (χ0v) is 11.3. The van der Waals surface area contributed by atoms with Crippen LogP contribution in [0.3, 0.4) is 0 Å². The number of amides is 2. The number of carbonyl (C=O) groups excluding carboxylic acids is 3. The highest BCUT2D eigenvalue weighted by atomic mass is 16.5. The van der Waals surface area contributed by atoms with Crippen LogP contribution in [-0.2, 0) is 19.1 Å². The van der Waals surface area contributed by atoms with Gasteiger partial charge in [-0.05, 0) is 12.8 Å². The number of methoxy groups -OCH3 is 1. The second kappa shape index (κ2) is 7.50. The van der Waals surface area contributed by atoms with Crippen LogP contribution in [0.15, 0.2) is 0 Å². The van der Waals surface area contributed by atoms with Crippen molar-refractivity contribution in [1.29, 1.82) is 0 Å². The Morgan fingerprint density at radius 2 is 2.35 bits per heavy atom. The Hall–Kier alpha value is -2.07. The van der Waals surface area contributed by atoms with E-state index in [9.17, 15) is 14.4 Å². The summed E-state index contributed by atoms with van der Waals surface area (Å²) in [5, 5.41) is 5.16. The van der Waals surface area contributed by atoms with Crippen molar-refractivity contribution < 1.29 is 19.1 Å². The van der Waals surface area contributed by atoms with Crippen molar-refractivity contribution in [3.8, 4) is 12.3 Å². The van der Waals surface area contributed by atoms with Crippen LogP contribution in [0.5, 0.6) is 0 Å². The summed E-state index contributed by atoms with van der Waals surface area (Å²) >= 11 is 0. The highest BCUT2D eigenvalue weighted by Gasteiger charge is 2.32. The molecule has 1 rings (SSSR count). The maximum Gasteiger partial charge on any atom is 0.328 e. The van der Waals surface area contributed by atoms with Gasteiger partial charge in [0.25, 0.3) is 0 Å². The lowest BCUT2D eigenvalue weighted by atomic mass is 9.98. The highest BCUT2D eigenvalue weighted by molar-refractivity contribution is 5.88. The van der Waals surface area contributed by atoms with E-state index in [2.05, 4.69) is 21.3 Å². The summed E-state index contributed by atoms with van der Waals surface area (Å²) in [6, 6.07) is -1.78. The fraction of sp³-hybridized carbons (Fsp3) is 0.615. The summed E-state index contributed by atoms with van der Waals surface area (Å²) in [4.78, 5) is 35.0. The van der Waals surface area contributed by atoms with E-state index in [1.807, 2.05) is 0 Å². The van der Waals surface area contributed by atoms with E-state index in [1.54, 1.807) is 0 Å². The third-order valence-corrected chi connectivity index (χ3v) is 3.16. The lowest BCUT2D eigenvalue weighted by Crippen LogP contribution is -2.49. The van der Waals surface area contributed by atoms with Crippen LogP contribution in [0.25, 0.3) is 0 Å². The monoisotopic (exact) mass is 281 g/mol. The molecule has 0 saturated carbocycles. The Kier molecular flexibility index (Phi) is 6.00. The summed E-state index contributed by atoms with van der Waals surface area (Å²) in [6.07, 6.45) is 5.96. The number of rotatable bonds is 6. The average Bonchev–Trinajstić information content (AvgIpc) is 2.82. The van der Waals surface area contributed by atoms with Gasteiger partial charge in [-0.3, -0.25) is 9.59 Å². The Labute approximate surface area is 117 Å². The fourth-order valence-corrected chi connectivity index (χ4v) is 2.01. The molecular formula is C13H19N3O4. The lowest BCUT2D eigenvalue weighted by molar-refractivity contribution is -0.146. The Morgan fingerprint density at radius 1 is 1.65 bits per heavy atom. The molecule has 1 aliphatic rings. The molecule has 20 heavy (non-hydrogen) atoms. The maximum absolute atomic E-state index is 11.8. The first-order valence-electron chi connectivity index (χ1n) is 6.34. The first-order valence-corrected chi connectivity index (χ1v) is 6.34. The van der Waals surface area contributed by atoms with E-state index >= 15 is 0 Å². The number of terminal acetylenes is 1. The smallest absolute Gasteiger partial charge is 0.328 e. The Bertz CT molecular complexity index is 430. The first-order chi connectivity index (χ1) is 9.49. The molecule has 0 radical (unpaired) electrons. The van der Waals surface area contributed by atoms with Gasteiger partial charge in [0.2, 0.25) is 11.8 Å². The second-order valence-electron chi connectivity index (χ2n) is 4.61. The molecule has 0 aromatic heterocycles. The van der Waals surface area contributed by atoms with E-state index in [0.717, 1.165) is 0 Å². The Balaban J connectivity index is 2.65. The van der Waals surface area contributed by atoms with Crippen LogP contribution in [0.2, 0.25) is 0 Å². The zero-order valence-electron chi connectivity index (χ0n) is 11.3. The number of ether oxygens (including phenoxy) is 1. The van der Waals surface area contributed by atoms with Crippen LogP contribution in [0, 0.1) is 18.3 Å². The van der Waals surface area contributed by atoms with Crippen molar-refractivity contribution >= 4 is 17.8 Å². The number of hydrogen-bond acceptors (Lipinski definition) is 5. The van der Waals surface area contributed by atoms with Gasteiger partial charge < -0.3 is 21.1 Å². The first kappa shape index (κ1) is 16.0. The SMILES string of the molecule is C#CC[C@H](N)C(=O)N[C@@H](C[C@@H]1CCNC1=O)C(=O)OC. The summed E-state index contributed by atoms with van der Waals surface area (Å²) in [5.74, 6) is 0.702. The molecule has 0 spiro atoms. The van der Waals surface area contributed by atoms with Gasteiger partial charge in [-0.1, -0.05) is 0 Å². The lowest BCUT2D eigenvalue weighted by Gasteiger charge is -2.20. The topological polar surface area (TPSA) is 111 Å². The van der Waals surface area contributed by atoms with Crippen molar-refractivity contribution in [3.63, 3.8) is 0 Å². The molecule has 2 amide bonds. The molecular weight excluding hydrogens is 262 g/mol. The summed E-state index contributed by atoms with van der Waals surface area (Å²) in [7, 11) is 1.22. The molecule has 1 heterocycles. The molecule has 3 atom stereocenters. The molecule has 0 aliphatic carbocycles. The van der Waals surface area contributed by atoms with Gasteiger partial charge in [-0.2, -0.15) is 0 Å². The highest BCUT2D eigenvalue weighted by Crippen LogP contribution is 2.16. The van der Waals surface area contributed by atoms with Gasteiger partial charge in [-0.15, -0.1) is 12.3 Å². The predicted molar refractivity (Wildman–Crippen MR) is 71.1 cm³/mol. The van der Waals surface area contributed by atoms with Crippen LogP contribution in [0.4, 0.5) is 0 Å². The van der Waals surface area contributed by atoms with Gasteiger partial charge in [0.1, 0.15) is 6.04 Å². The third-order valence-electron chi connectivity index (χ3n) is 3.16. The average molecular weight is 281 g/mol. The van der Waals surface area contributed by atoms with Gasteiger partial charge in [0, 0.05) is 18.9 Å². The normalized spacial score (nSPS) is 20.4.